The molecule has 0 saturated heterocycles. The highest BCUT2D eigenvalue weighted by Gasteiger charge is 2.21. The molecule has 1 atom stereocenters. The zero-order valence-electron chi connectivity index (χ0n) is 12.7. The van der Waals surface area contributed by atoms with Gasteiger partial charge < -0.3 is 15.3 Å². The molecular weight excluding hydrogens is 256 g/mol. The lowest BCUT2D eigenvalue weighted by atomic mass is 9.85. The molecule has 1 aliphatic carbocycles. The summed E-state index contributed by atoms with van der Waals surface area (Å²) >= 11 is 0. The molecule has 0 bridgehead atoms. The minimum atomic E-state index is -0.743. The van der Waals surface area contributed by atoms with E-state index in [0.717, 1.165) is 19.4 Å². The minimum Gasteiger partial charge on any atom is -0.481 e. The van der Waals surface area contributed by atoms with Crippen LogP contribution in [-0.4, -0.2) is 42.1 Å². The Hall–Kier alpha value is -1.26. The van der Waals surface area contributed by atoms with E-state index in [1.54, 1.807) is 4.90 Å². The van der Waals surface area contributed by atoms with Gasteiger partial charge in [0.15, 0.2) is 0 Å². The number of aliphatic carboxylic acids is 1. The van der Waals surface area contributed by atoms with Gasteiger partial charge in [-0.3, -0.25) is 4.79 Å². The first-order valence-corrected chi connectivity index (χ1v) is 7.73. The van der Waals surface area contributed by atoms with Gasteiger partial charge in [-0.25, -0.2) is 4.79 Å². The van der Waals surface area contributed by atoms with Crippen LogP contribution in [-0.2, 0) is 4.79 Å². The molecule has 20 heavy (non-hydrogen) atoms. The molecule has 1 saturated carbocycles. The molecule has 0 aromatic rings. The maximum absolute atomic E-state index is 11.9. The van der Waals surface area contributed by atoms with Crippen LogP contribution in [0.3, 0.4) is 0 Å². The Morgan fingerprint density at radius 2 is 2.05 bits per heavy atom. The van der Waals surface area contributed by atoms with Gasteiger partial charge in [0.2, 0.25) is 0 Å². The average Bonchev–Trinajstić information content (AvgIpc) is 2.37. The second kappa shape index (κ2) is 8.82. The van der Waals surface area contributed by atoms with E-state index in [4.69, 9.17) is 5.11 Å². The van der Waals surface area contributed by atoms with Gasteiger partial charge in [-0.15, -0.1) is 0 Å². The average molecular weight is 284 g/mol. The van der Waals surface area contributed by atoms with Crippen molar-refractivity contribution in [2.45, 2.75) is 51.9 Å². The van der Waals surface area contributed by atoms with Crippen molar-refractivity contribution in [3.63, 3.8) is 0 Å². The predicted octanol–water partition coefficient (Wildman–Crippen LogP) is 2.71. The van der Waals surface area contributed by atoms with Crippen LogP contribution < -0.4 is 5.32 Å². The number of carboxylic acids is 1. The summed E-state index contributed by atoms with van der Waals surface area (Å²) in [6.45, 7) is 3.55. The number of rotatable bonds is 9. The largest absolute Gasteiger partial charge is 0.481 e. The fraction of sp³-hybridized carbons (Fsp3) is 0.867. The van der Waals surface area contributed by atoms with Crippen LogP contribution in [0, 0.1) is 11.8 Å². The molecule has 0 aromatic heterocycles. The Bertz CT molecular complexity index is 316. The van der Waals surface area contributed by atoms with E-state index >= 15 is 0 Å². The van der Waals surface area contributed by atoms with Gasteiger partial charge in [-0.05, 0) is 37.5 Å². The minimum absolute atomic E-state index is 0.00927. The van der Waals surface area contributed by atoms with Crippen LogP contribution in [0.5, 0.6) is 0 Å². The summed E-state index contributed by atoms with van der Waals surface area (Å²) in [6, 6.07) is -0.00927. The molecule has 116 valence electrons. The zero-order valence-corrected chi connectivity index (χ0v) is 12.7. The SMILES string of the molecule is CCC(CCNC(=O)N(C)CC1CCC1)CCC(=O)O. The summed E-state index contributed by atoms with van der Waals surface area (Å²) in [4.78, 5) is 24.2. The summed E-state index contributed by atoms with van der Waals surface area (Å²) in [7, 11) is 1.84. The fourth-order valence-corrected chi connectivity index (χ4v) is 2.54. The third-order valence-electron chi connectivity index (χ3n) is 4.28. The van der Waals surface area contributed by atoms with E-state index in [-0.39, 0.29) is 12.5 Å². The van der Waals surface area contributed by atoms with E-state index in [1.165, 1.54) is 19.3 Å². The maximum Gasteiger partial charge on any atom is 0.317 e. The van der Waals surface area contributed by atoms with Gasteiger partial charge >= 0.3 is 12.0 Å². The number of hydrogen-bond donors (Lipinski definition) is 2. The first-order valence-electron chi connectivity index (χ1n) is 7.73. The van der Waals surface area contributed by atoms with E-state index in [2.05, 4.69) is 12.2 Å². The standard InChI is InChI=1S/C15H28N2O3/c1-3-12(7-8-14(18)19)9-10-16-15(20)17(2)11-13-5-4-6-13/h12-13H,3-11H2,1-2H3,(H,16,20)(H,18,19). The number of nitrogens with zero attached hydrogens (tertiary/aromatic N) is 1. The smallest absolute Gasteiger partial charge is 0.317 e. The summed E-state index contributed by atoms with van der Waals surface area (Å²) in [5, 5.41) is 11.6. The number of urea groups is 1. The molecule has 1 unspecified atom stereocenters. The summed E-state index contributed by atoms with van der Waals surface area (Å²) in [5.74, 6) is 0.320. The molecule has 5 nitrogen and oxygen atoms in total. The quantitative estimate of drug-likeness (QED) is 0.684. The lowest BCUT2D eigenvalue weighted by molar-refractivity contribution is -0.137. The van der Waals surface area contributed by atoms with Gasteiger partial charge in [-0.2, -0.15) is 0 Å². The molecule has 0 aromatic carbocycles. The highest BCUT2D eigenvalue weighted by Crippen LogP contribution is 2.26. The third kappa shape index (κ3) is 6.26. The lowest BCUT2D eigenvalue weighted by Crippen LogP contribution is -2.41. The van der Waals surface area contributed by atoms with Crippen LogP contribution in [0.25, 0.3) is 0 Å². The van der Waals surface area contributed by atoms with Crippen molar-refractivity contribution in [3.05, 3.63) is 0 Å². The second-order valence-electron chi connectivity index (χ2n) is 5.90. The van der Waals surface area contributed by atoms with Crippen molar-refractivity contribution in [1.29, 1.82) is 0 Å². The van der Waals surface area contributed by atoms with E-state index in [9.17, 15) is 9.59 Å². The van der Waals surface area contributed by atoms with Crippen molar-refractivity contribution in [2.24, 2.45) is 11.8 Å². The first kappa shape index (κ1) is 16.8. The van der Waals surface area contributed by atoms with Crippen LogP contribution in [0.2, 0.25) is 0 Å². The van der Waals surface area contributed by atoms with Crippen molar-refractivity contribution < 1.29 is 14.7 Å². The molecule has 1 fully saturated rings. The highest BCUT2D eigenvalue weighted by atomic mass is 16.4. The molecule has 0 spiro atoms. The van der Waals surface area contributed by atoms with Gasteiger partial charge in [-0.1, -0.05) is 19.8 Å². The number of hydrogen-bond acceptors (Lipinski definition) is 2. The van der Waals surface area contributed by atoms with Gasteiger partial charge in [0.25, 0.3) is 0 Å². The van der Waals surface area contributed by atoms with Crippen LogP contribution >= 0.6 is 0 Å². The normalized spacial score (nSPS) is 16.3. The maximum atomic E-state index is 11.9. The zero-order chi connectivity index (χ0) is 15.0. The molecule has 0 heterocycles. The van der Waals surface area contributed by atoms with Gasteiger partial charge in [0, 0.05) is 26.6 Å². The summed E-state index contributed by atoms with van der Waals surface area (Å²) in [6.07, 6.45) is 6.50. The first-order chi connectivity index (χ1) is 9.52. The van der Waals surface area contributed by atoms with Crippen LogP contribution in [0.4, 0.5) is 4.79 Å². The fourth-order valence-electron chi connectivity index (χ4n) is 2.54. The van der Waals surface area contributed by atoms with Crippen LogP contribution in [0.1, 0.15) is 51.9 Å². The Morgan fingerprint density at radius 1 is 1.35 bits per heavy atom. The molecule has 2 amide bonds. The number of carbonyl (C=O) groups excluding carboxylic acids is 1. The van der Waals surface area contributed by atoms with Crippen LogP contribution in [0.15, 0.2) is 0 Å². The summed E-state index contributed by atoms with van der Waals surface area (Å²) in [5.41, 5.74) is 0. The Labute approximate surface area is 121 Å². The molecular formula is C15H28N2O3. The lowest BCUT2D eigenvalue weighted by Gasteiger charge is -2.30. The van der Waals surface area contributed by atoms with Crippen molar-refractivity contribution in [1.82, 2.24) is 10.2 Å². The number of nitrogens with one attached hydrogen (secondary N) is 1. The molecule has 2 N–H and O–H groups in total. The second-order valence-corrected chi connectivity index (χ2v) is 5.90. The van der Waals surface area contributed by atoms with E-state index in [0.29, 0.717) is 24.8 Å². The number of amides is 2. The van der Waals surface area contributed by atoms with Gasteiger partial charge in [0.05, 0.1) is 0 Å². The van der Waals surface area contributed by atoms with Gasteiger partial charge in [0.1, 0.15) is 0 Å². The van der Waals surface area contributed by atoms with Crippen molar-refractivity contribution in [3.8, 4) is 0 Å². The Balaban J connectivity index is 2.13. The number of carbonyl (C=O) groups is 2. The Kier molecular flexibility index (Phi) is 7.41. The van der Waals surface area contributed by atoms with Crippen molar-refractivity contribution >= 4 is 12.0 Å². The third-order valence-corrected chi connectivity index (χ3v) is 4.28. The molecule has 5 heteroatoms. The van der Waals surface area contributed by atoms with Crippen molar-refractivity contribution in [2.75, 3.05) is 20.1 Å². The molecule has 0 aliphatic heterocycles. The number of carboxylic acid groups (broad SMARTS) is 1. The Morgan fingerprint density at radius 3 is 2.55 bits per heavy atom. The molecule has 1 rings (SSSR count). The topological polar surface area (TPSA) is 69.6 Å². The predicted molar refractivity (Wildman–Crippen MR) is 78.6 cm³/mol. The molecule has 0 radical (unpaired) electrons. The van der Waals surface area contributed by atoms with E-state index < -0.39 is 5.97 Å². The summed E-state index contributed by atoms with van der Waals surface area (Å²) < 4.78 is 0. The van der Waals surface area contributed by atoms with E-state index in [1.807, 2.05) is 7.05 Å². The monoisotopic (exact) mass is 284 g/mol. The highest BCUT2D eigenvalue weighted by molar-refractivity contribution is 5.73. The molecule has 1 aliphatic rings.